The van der Waals surface area contributed by atoms with Crippen LogP contribution >= 0.6 is 46.4 Å². The van der Waals surface area contributed by atoms with Crippen molar-refractivity contribution in [2.75, 3.05) is 5.32 Å². The van der Waals surface area contributed by atoms with Crippen LogP contribution in [0.5, 0.6) is 0 Å². The van der Waals surface area contributed by atoms with Gasteiger partial charge in [-0.2, -0.15) is 5.26 Å². The molecule has 2 N–H and O–H groups in total. The van der Waals surface area contributed by atoms with Crippen LogP contribution in [0.25, 0.3) is 0 Å². The Hall–Kier alpha value is -2.11. The van der Waals surface area contributed by atoms with Gasteiger partial charge < -0.3 is 10.6 Å². The first-order chi connectivity index (χ1) is 16.5. The van der Waals surface area contributed by atoms with Gasteiger partial charge in [0.15, 0.2) is 0 Å². The maximum atomic E-state index is 13.0. The highest BCUT2D eigenvalue weighted by Crippen LogP contribution is 2.65. The molecule has 2 unspecified atom stereocenters. The van der Waals surface area contributed by atoms with Crippen molar-refractivity contribution < 1.29 is 18.4 Å². The van der Waals surface area contributed by atoms with Crippen molar-refractivity contribution in [3.8, 4) is 6.07 Å². The fraction of sp³-hybridized carbons (Fsp3) is 0.375. The summed E-state index contributed by atoms with van der Waals surface area (Å²) in [6.07, 6.45) is -1.62. The van der Waals surface area contributed by atoms with Crippen LogP contribution in [0.15, 0.2) is 36.4 Å². The Labute approximate surface area is 221 Å². The van der Waals surface area contributed by atoms with E-state index < -0.39 is 39.9 Å². The number of carbonyl (C=O) groups excluding carboxylic acids is 2. The van der Waals surface area contributed by atoms with Gasteiger partial charge in [0.25, 0.3) is 12.3 Å². The zero-order valence-electron chi connectivity index (χ0n) is 18.6. The number of rotatable bonds is 6. The minimum absolute atomic E-state index is 0.0979. The van der Waals surface area contributed by atoms with Gasteiger partial charge >= 0.3 is 0 Å². The van der Waals surface area contributed by atoms with Gasteiger partial charge in [-0.1, -0.05) is 49.2 Å². The molecule has 2 atom stereocenters. The number of halogens is 6. The first-order valence-corrected chi connectivity index (χ1v) is 12.3. The van der Waals surface area contributed by atoms with Gasteiger partial charge in [-0.15, -0.1) is 23.2 Å². The largest absolute Gasteiger partial charge is 0.334 e. The molecular weight excluding hydrogens is 542 g/mol. The van der Waals surface area contributed by atoms with Crippen LogP contribution in [0.2, 0.25) is 10.0 Å². The van der Waals surface area contributed by atoms with Gasteiger partial charge in [0.05, 0.1) is 22.6 Å². The summed E-state index contributed by atoms with van der Waals surface area (Å²) in [5.41, 5.74) is -0.373. The molecule has 0 aromatic heterocycles. The molecule has 2 aliphatic rings. The van der Waals surface area contributed by atoms with Crippen LogP contribution < -0.4 is 10.6 Å². The lowest BCUT2D eigenvalue weighted by molar-refractivity contribution is -0.117. The number of hydrogen-bond acceptors (Lipinski definition) is 3. The quantitative estimate of drug-likeness (QED) is 0.363. The molecule has 2 fully saturated rings. The molecule has 2 aromatic rings. The Morgan fingerprint density at radius 2 is 1.74 bits per heavy atom. The van der Waals surface area contributed by atoms with E-state index in [0.717, 1.165) is 0 Å². The molecule has 0 saturated heterocycles. The molecule has 0 aliphatic heterocycles. The third-order valence-electron chi connectivity index (χ3n) is 5.75. The Kier molecular flexibility index (Phi) is 8.23. The van der Waals surface area contributed by atoms with Crippen molar-refractivity contribution in [2.45, 2.75) is 48.9 Å². The van der Waals surface area contributed by atoms with E-state index in [9.17, 15) is 18.4 Å². The summed E-state index contributed by atoms with van der Waals surface area (Å²) in [5.74, 6) is -2.60. The number of nitrogens with one attached hydrogen (secondary N) is 2. The minimum atomic E-state index is -2.74. The second-order valence-corrected chi connectivity index (χ2v) is 10.3. The summed E-state index contributed by atoms with van der Waals surface area (Å²) in [7, 11) is 0. The molecule has 11 heteroatoms. The summed E-state index contributed by atoms with van der Waals surface area (Å²) in [6.45, 7) is 4.00. The number of hydrogen-bond donors (Lipinski definition) is 2. The fourth-order valence-electron chi connectivity index (χ4n) is 3.65. The molecular formula is C24H21Cl4F2N3O2. The van der Waals surface area contributed by atoms with Gasteiger partial charge in [-0.05, 0) is 42.7 Å². The van der Waals surface area contributed by atoms with Gasteiger partial charge in [0.2, 0.25) is 5.91 Å². The van der Waals surface area contributed by atoms with E-state index in [1.54, 1.807) is 0 Å². The number of benzene rings is 2. The maximum absolute atomic E-state index is 13.0. The van der Waals surface area contributed by atoms with Crippen LogP contribution in [0.1, 0.15) is 60.5 Å². The van der Waals surface area contributed by atoms with Gasteiger partial charge in [-0.3, -0.25) is 9.59 Å². The number of alkyl halides is 4. The zero-order valence-corrected chi connectivity index (χ0v) is 21.7. The normalized spacial score (nSPS) is 20.7. The van der Waals surface area contributed by atoms with Gasteiger partial charge in [-0.25, -0.2) is 8.78 Å². The lowest BCUT2D eigenvalue weighted by atomic mass is 10.1. The highest BCUT2D eigenvalue weighted by Gasteiger charge is 2.67. The second-order valence-electron chi connectivity index (χ2n) is 8.04. The summed E-state index contributed by atoms with van der Waals surface area (Å²) in [4.78, 5) is 25.4. The van der Waals surface area contributed by atoms with Crippen molar-refractivity contribution >= 4 is 63.9 Å². The van der Waals surface area contributed by atoms with E-state index in [2.05, 4.69) is 16.7 Å². The molecule has 0 heterocycles. The van der Waals surface area contributed by atoms with E-state index in [4.69, 9.17) is 51.7 Å². The fourth-order valence-corrected chi connectivity index (χ4v) is 4.96. The third-order valence-corrected chi connectivity index (χ3v) is 7.35. The topological polar surface area (TPSA) is 82.0 Å². The van der Waals surface area contributed by atoms with Crippen molar-refractivity contribution in [3.05, 3.63) is 63.1 Å². The molecule has 5 nitrogen and oxygen atoms in total. The number of carbonyl (C=O) groups is 2. The van der Waals surface area contributed by atoms with Crippen LogP contribution in [0.4, 0.5) is 14.5 Å². The molecule has 0 bridgehead atoms. The van der Waals surface area contributed by atoms with E-state index >= 15 is 0 Å². The summed E-state index contributed by atoms with van der Waals surface area (Å²) >= 11 is 24.7. The lowest BCUT2D eigenvalue weighted by Gasteiger charge is -2.12. The molecule has 0 radical (unpaired) electrons. The van der Waals surface area contributed by atoms with E-state index in [1.807, 2.05) is 13.8 Å². The monoisotopic (exact) mass is 561 g/mol. The SMILES string of the molecule is CC.N#CC1(NC(=O)c2cc(NC(=O)C3C(c4ccc(C(F)F)c(Cl)c4)C3(Cl)Cl)ccc2Cl)CC1. The first kappa shape index (κ1) is 27.5. The van der Waals surface area contributed by atoms with Crippen LogP contribution in [0.3, 0.4) is 0 Å². The predicted molar refractivity (Wildman–Crippen MR) is 134 cm³/mol. The zero-order chi connectivity index (χ0) is 26.1. The Morgan fingerprint density at radius 1 is 1.09 bits per heavy atom. The average molecular weight is 563 g/mol. The van der Waals surface area contributed by atoms with Gasteiger partial charge in [0.1, 0.15) is 9.87 Å². The molecule has 2 saturated carbocycles. The highest BCUT2D eigenvalue weighted by molar-refractivity contribution is 6.53. The number of nitriles is 1. The van der Waals surface area contributed by atoms with Crippen molar-refractivity contribution in [1.82, 2.24) is 5.32 Å². The van der Waals surface area contributed by atoms with Crippen LogP contribution in [-0.2, 0) is 4.79 Å². The molecule has 186 valence electrons. The number of amides is 2. The summed E-state index contributed by atoms with van der Waals surface area (Å²) in [5, 5.41) is 14.5. The molecule has 2 aliphatic carbocycles. The van der Waals surface area contributed by atoms with Crippen molar-refractivity contribution in [2.24, 2.45) is 5.92 Å². The third kappa shape index (κ3) is 5.67. The first-order valence-electron chi connectivity index (χ1n) is 10.8. The molecule has 35 heavy (non-hydrogen) atoms. The number of anilines is 1. The lowest BCUT2D eigenvalue weighted by Crippen LogP contribution is -2.35. The molecule has 0 spiro atoms. The molecule has 4 rings (SSSR count). The maximum Gasteiger partial charge on any atom is 0.265 e. The molecule has 2 aromatic carbocycles. The average Bonchev–Trinajstić information content (AvgIpc) is 3.70. The minimum Gasteiger partial charge on any atom is -0.334 e. The summed E-state index contributed by atoms with van der Waals surface area (Å²) < 4.78 is 24.4. The number of nitrogens with zero attached hydrogens (tertiary/aromatic N) is 1. The summed E-state index contributed by atoms with van der Waals surface area (Å²) in [6, 6.07) is 10.3. The van der Waals surface area contributed by atoms with E-state index in [0.29, 0.717) is 18.4 Å². The predicted octanol–water partition coefficient (Wildman–Crippen LogP) is 7.27. The Bertz CT molecular complexity index is 1200. The van der Waals surface area contributed by atoms with Crippen molar-refractivity contribution in [3.63, 3.8) is 0 Å². The van der Waals surface area contributed by atoms with E-state index in [1.165, 1.54) is 36.4 Å². The van der Waals surface area contributed by atoms with Crippen LogP contribution in [-0.4, -0.2) is 21.7 Å². The Morgan fingerprint density at radius 3 is 2.29 bits per heavy atom. The second kappa shape index (κ2) is 10.5. The van der Waals surface area contributed by atoms with Crippen LogP contribution in [0, 0.1) is 17.2 Å². The Balaban J connectivity index is 0.00000167. The standard InChI is InChI=1S/C22H15Cl4F2N3O2.C2H6/c23-14-4-2-11(8-13(14)19(32)31-21(9-29)5-6-21)30-20(33)17-16(22(17,25)26)10-1-3-12(18(27)28)15(24)7-10;1-2/h1-4,7-8,16-18H,5-6H2,(H,30,33)(H,31,32);1-2H3. The highest BCUT2D eigenvalue weighted by atomic mass is 35.5. The van der Waals surface area contributed by atoms with E-state index in [-0.39, 0.29) is 26.9 Å². The van der Waals surface area contributed by atoms with Gasteiger partial charge in [0, 0.05) is 22.2 Å². The smallest absolute Gasteiger partial charge is 0.265 e. The molecule has 2 amide bonds. The van der Waals surface area contributed by atoms with Crippen molar-refractivity contribution in [1.29, 1.82) is 5.26 Å².